The molecule has 0 saturated carbocycles. The van der Waals surface area contributed by atoms with Gasteiger partial charge in [0.2, 0.25) is 0 Å². The van der Waals surface area contributed by atoms with Crippen molar-refractivity contribution >= 4 is 40.7 Å². The Kier molecular flexibility index (Phi) is 3.72. The molecule has 0 N–H and O–H groups in total. The Morgan fingerprint density at radius 1 is 1.00 bits per heavy atom. The van der Waals surface area contributed by atoms with Crippen LogP contribution in [0.2, 0.25) is 19.6 Å². The van der Waals surface area contributed by atoms with Crippen molar-refractivity contribution in [2.45, 2.75) is 19.6 Å². The number of pyridine rings is 1. The van der Waals surface area contributed by atoms with Crippen LogP contribution in [0.15, 0.2) is 48.7 Å². The molecule has 0 unspecified atom stereocenters. The van der Waals surface area contributed by atoms with Gasteiger partial charge in [-0.2, -0.15) is 0 Å². The normalized spacial score (nSPS) is 12.0. The molecule has 2 aromatic heterocycles. The Hall–Kier alpha value is -1.48. The fraction of sp³-hybridized carbons (Fsp3) is 0.167. The molecule has 0 bridgehead atoms. The minimum Gasteiger partial charge on any atom is -0.341 e. The van der Waals surface area contributed by atoms with Crippen molar-refractivity contribution in [2.24, 2.45) is 0 Å². The molecule has 22 heavy (non-hydrogen) atoms. The second kappa shape index (κ2) is 5.30. The van der Waals surface area contributed by atoms with Gasteiger partial charge in [-0.15, -0.1) is 29.7 Å². The average molecular weight is 482 g/mol. The third kappa shape index (κ3) is 2.14. The number of nitrogens with zero attached hydrogens (tertiary/aromatic N) is 2. The van der Waals surface area contributed by atoms with Gasteiger partial charge in [0.15, 0.2) is 0 Å². The maximum absolute atomic E-state index is 4.73. The van der Waals surface area contributed by atoms with Crippen LogP contribution in [0.3, 0.4) is 0 Å². The van der Waals surface area contributed by atoms with E-state index in [1.165, 1.54) is 21.6 Å². The molecule has 1 radical (unpaired) electrons. The molecule has 0 amide bonds. The molecular weight excluding hydrogens is 465 g/mol. The smallest absolute Gasteiger partial charge is 0.1000 e. The Morgan fingerprint density at radius 2 is 1.73 bits per heavy atom. The molecule has 4 rings (SSSR count). The van der Waals surface area contributed by atoms with E-state index in [1.807, 2.05) is 12.1 Å². The van der Waals surface area contributed by atoms with Crippen LogP contribution in [-0.2, 0) is 20.1 Å². The number of rotatable bonds is 1. The molecule has 0 saturated heterocycles. The Bertz CT molecular complexity index is 983. The summed E-state index contributed by atoms with van der Waals surface area (Å²) in [5, 5.41) is 4.98. The average Bonchev–Trinajstić information content (AvgIpc) is 2.93. The molecular formula is C18H17IrN2Si-. The fourth-order valence-electron chi connectivity index (χ4n) is 3.04. The van der Waals surface area contributed by atoms with Crippen molar-refractivity contribution in [1.29, 1.82) is 0 Å². The van der Waals surface area contributed by atoms with Crippen molar-refractivity contribution in [3.05, 3.63) is 54.7 Å². The van der Waals surface area contributed by atoms with Crippen molar-refractivity contribution in [1.82, 2.24) is 9.38 Å². The van der Waals surface area contributed by atoms with Crippen LogP contribution >= 0.6 is 0 Å². The number of para-hydroxylation sites is 1. The van der Waals surface area contributed by atoms with E-state index in [0.717, 1.165) is 11.0 Å². The number of hydrogen-bond donors (Lipinski definition) is 0. The van der Waals surface area contributed by atoms with Crippen LogP contribution in [-0.4, -0.2) is 17.5 Å². The monoisotopic (exact) mass is 482 g/mol. The molecule has 0 spiro atoms. The maximum Gasteiger partial charge on any atom is 0.1000 e. The quantitative estimate of drug-likeness (QED) is 0.228. The van der Waals surface area contributed by atoms with E-state index < -0.39 is 8.07 Å². The van der Waals surface area contributed by atoms with E-state index in [-0.39, 0.29) is 20.1 Å². The summed E-state index contributed by atoms with van der Waals surface area (Å²) in [6.07, 6.45) is 2.06. The van der Waals surface area contributed by atoms with E-state index in [1.54, 1.807) is 0 Å². The number of aromatic nitrogens is 2. The molecule has 0 atom stereocenters. The van der Waals surface area contributed by atoms with E-state index in [0.29, 0.717) is 0 Å². The van der Waals surface area contributed by atoms with Gasteiger partial charge in [-0.05, 0) is 11.5 Å². The van der Waals surface area contributed by atoms with Gasteiger partial charge in [0.05, 0.1) is 13.7 Å². The largest absolute Gasteiger partial charge is 0.341 e. The van der Waals surface area contributed by atoms with E-state index in [2.05, 4.69) is 66.6 Å². The van der Waals surface area contributed by atoms with Gasteiger partial charge in [0.25, 0.3) is 0 Å². The molecule has 4 aromatic rings. The van der Waals surface area contributed by atoms with Crippen LogP contribution in [0, 0.1) is 6.07 Å². The molecule has 2 aromatic carbocycles. The zero-order valence-corrected chi connectivity index (χ0v) is 16.2. The van der Waals surface area contributed by atoms with Crippen molar-refractivity contribution < 1.29 is 20.1 Å². The van der Waals surface area contributed by atoms with Gasteiger partial charge in [0, 0.05) is 37.1 Å². The zero-order chi connectivity index (χ0) is 14.6. The van der Waals surface area contributed by atoms with Crippen LogP contribution in [0.4, 0.5) is 0 Å². The minimum atomic E-state index is -1.46. The number of fused-ring (bicyclic) bond motifs is 6. The minimum absolute atomic E-state index is 0. The fourth-order valence-corrected chi connectivity index (χ4v) is 4.39. The summed E-state index contributed by atoms with van der Waals surface area (Å²) in [5.74, 6) is 0. The summed E-state index contributed by atoms with van der Waals surface area (Å²) in [7, 11) is -1.46. The summed E-state index contributed by atoms with van der Waals surface area (Å²) in [6, 6.07) is 18.2. The molecule has 2 heterocycles. The van der Waals surface area contributed by atoms with E-state index >= 15 is 0 Å². The molecule has 0 aliphatic rings. The topological polar surface area (TPSA) is 17.3 Å². The molecule has 113 valence electrons. The summed E-state index contributed by atoms with van der Waals surface area (Å²) < 4.78 is 2.35. The number of imidazole rings is 1. The summed E-state index contributed by atoms with van der Waals surface area (Å²) in [5.41, 5.74) is 2.27. The maximum atomic E-state index is 4.73. The number of benzene rings is 2. The molecule has 4 heteroatoms. The first-order valence-corrected chi connectivity index (χ1v) is 10.8. The van der Waals surface area contributed by atoms with Gasteiger partial charge in [-0.25, -0.2) is 0 Å². The second-order valence-electron chi connectivity index (χ2n) is 6.53. The van der Waals surface area contributed by atoms with Gasteiger partial charge in [0.1, 0.15) is 0 Å². The summed E-state index contributed by atoms with van der Waals surface area (Å²) >= 11 is 0. The van der Waals surface area contributed by atoms with E-state index in [4.69, 9.17) is 4.98 Å². The second-order valence-corrected chi connectivity index (χ2v) is 11.5. The summed E-state index contributed by atoms with van der Waals surface area (Å²) in [6.45, 7) is 7.10. The third-order valence-corrected chi connectivity index (χ3v) is 5.93. The predicted molar refractivity (Wildman–Crippen MR) is 92.0 cm³/mol. The van der Waals surface area contributed by atoms with Crippen molar-refractivity contribution in [3.63, 3.8) is 0 Å². The first-order chi connectivity index (χ1) is 10.1. The first kappa shape index (κ1) is 15.4. The van der Waals surface area contributed by atoms with Crippen LogP contribution in [0.25, 0.3) is 27.3 Å². The molecule has 0 aliphatic carbocycles. The number of hydrogen-bond acceptors (Lipinski definition) is 1. The Morgan fingerprint density at radius 3 is 2.50 bits per heavy atom. The van der Waals surface area contributed by atoms with Crippen LogP contribution < -0.4 is 5.32 Å². The first-order valence-electron chi connectivity index (χ1n) is 7.26. The third-order valence-electron chi connectivity index (χ3n) is 4.05. The molecule has 2 nitrogen and oxygen atoms in total. The van der Waals surface area contributed by atoms with Crippen molar-refractivity contribution in [3.8, 4) is 0 Å². The standard InChI is InChI=1S/C18H17N2Si.Ir/c1-21(2,3)17-12-19-18-15-10-5-4-8-13(15)14-9-6-7-11-16(14)20(17)18;/h4-9,11-12H,1-3H3;/q-1;. The Balaban J connectivity index is 0.00000144. The molecule has 0 aliphatic heterocycles. The van der Waals surface area contributed by atoms with Gasteiger partial charge >= 0.3 is 0 Å². The van der Waals surface area contributed by atoms with Gasteiger partial charge in [-0.3, -0.25) is 4.98 Å². The Labute approximate surface area is 144 Å². The predicted octanol–water partition coefficient (Wildman–Crippen LogP) is 3.98. The van der Waals surface area contributed by atoms with Gasteiger partial charge in [-0.1, -0.05) is 43.2 Å². The summed E-state index contributed by atoms with van der Waals surface area (Å²) in [4.78, 5) is 4.73. The van der Waals surface area contributed by atoms with Crippen molar-refractivity contribution in [2.75, 3.05) is 0 Å². The SMILES string of the molecule is C[Si](C)(C)c1cnc2c3[c-]cccc3c3ccccc3n12.[Ir]. The van der Waals surface area contributed by atoms with Gasteiger partial charge < -0.3 is 4.40 Å². The van der Waals surface area contributed by atoms with E-state index in [9.17, 15) is 0 Å². The van der Waals surface area contributed by atoms with Crippen LogP contribution in [0.5, 0.6) is 0 Å². The zero-order valence-electron chi connectivity index (χ0n) is 12.8. The molecule has 0 fully saturated rings. The van der Waals surface area contributed by atoms with Crippen LogP contribution in [0.1, 0.15) is 0 Å².